The zero-order valence-electron chi connectivity index (χ0n) is 16.4. The van der Waals surface area contributed by atoms with Gasteiger partial charge in [0.25, 0.3) is 0 Å². The van der Waals surface area contributed by atoms with E-state index in [1.165, 1.54) is 37.1 Å². The Hall–Kier alpha value is -2.04. The van der Waals surface area contributed by atoms with E-state index in [-0.39, 0.29) is 6.10 Å². The number of ether oxygens (including phenoxy) is 2. The van der Waals surface area contributed by atoms with Crippen molar-refractivity contribution in [1.29, 1.82) is 0 Å². The molecular formula is C23H30N2O2. The summed E-state index contributed by atoms with van der Waals surface area (Å²) >= 11 is 0. The molecule has 0 aromatic heterocycles. The molecule has 1 atom stereocenters. The van der Waals surface area contributed by atoms with Crippen molar-refractivity contribution in [3.05, 3.63) is 59.7 Å². The third-order valence-electron chi connectivity index (χ3n) is 5.80. The summed E-state index contributed by atoms with van der Waals surface area (Å²) in [5.41, 5.74) is 2.68. The zero-order chi connectivity index (χ0) is 18.6. The molecule has 4 heteroatoms. The first-order chi connectivity index (χ1) is 13.2. The van der Waals surface area contributed by atoms with Gasteiger partial charge < -0.3 is 14.4 Å². The molecule has 0 saturated carbocycles. The molecule has 0 amide bonds. The van der Waals surface area contributed by atoms with Gasteiger partial charge in [0.05, 0.1) is 0 Å². The second-order valence-electron chi connectivity index (χ2n) is 7.97. The first-order valence-corrected chi connectivity index (χ1v) is 10.0. The Balaban J connectivity index is 1.30. The zero-order valence-corrected chi connectivity index (χ0v) is 16.4. The molecule has 4 nitrogen and oxygen atoms in total. The number of likely N-dealkylation sites (tertiary alicyclic amines) is 1. The number of nitrogens with zero attached hydrogens (tertiary/aromatic N) is 2. The van der Waals surface area contributed by atoms with Crippen molar-refractivity contribution in [3.63, 3.8) is 0 Å². The Labute approximate surface area is 162 Å². The molecule has 0 N–H and O–H groups in total. The molecule has 2 aliphatic heterocycles. The third-order valence-corrected chi connectivity index (χ3v) is 5.80. The van der Waals surface area contributed by atoms with Crippen molar-refractivity contribution in [3.8, 4) is 11.5 Å². The van der Waals surface area contributed by atoms with Gasteiger partial charge in [-0.15, -0.1) is 0 Å². The molecular weight excluding hydrogens is 336 g/mol. The van der Waals surface area contributed by atoms with E-state index in [9.17, 15) is 0 Å². The fourth-order valence-corrected chi connectivity index (χ4v) is 4.06. The smallest absolute Gasteiger partial charge is 0.161 e. The molecule has 2 aromatic carbocycles. The molecule has 0 radical (unpaired) electrons. The minimum atomic E-state index is 0.0765. The first-order valence-electron chi connectivity index (χ1n) is 10.0. The summed E-state index contributed by atoms with van der Waals surface area (Å²) in [6.07, 6.45) is 3.49. The summed E-state index contributed by atoms with van der Waals surface area (Å²) in [7, 11) is 4.48. The van der Waals surface area contributed by atoms with Crippen LogP contribution in [0.1, 0.15) is 24.0 Å². The Kier molecular flexibility index (Phi) is 5.65. The normalized spacial score (nSPS) is 20.8. The van der Waals surface area contributed by atoms with Gasteiger partial charge >= 0.3 is 0 Å². The molecule has 1 unspecified atom stereocenters. The van der Waals surface area contributed by atoms with E-state index in [1.54, 1.807) is 0 Å². The maximum atomic E-state index is 6.08. The van der Waals surface area contributed by atoms with Crippen LogP contribution in [0.15, 0.2) is 48.5 Å². The minimum Gasteiger partial charge on any atom is -0.486 e. The van der Waals surface area contributed by atoms with Crippen LogP contribution < -0.4 is 9.47 Å². The van der Waals surface area contributed by atoms with Crippen LogP contribution in [0.4, 0.5) is 0 Å². The standard InChI is InChI=1S/C23H30N2O2/c1-24-13-11-20(12-14-24)25(2)16-19-9-7-18(8-10-19)15-21-17-26-22-5-3-4-6-23(22)27-21/h3-10,20-21H,11-17H2,1-2H3. The number of benzene rings is 2. The van der Waals surface area contributed by atoms with Crippen LogP contribution in [0.2, 0.25) is 0 Å². The van der Waals surface area contributed by atoms with E-state index in [0.717, 1.165) is 24.5 Å². The van der Waals surface area contributed by atoms with Gasteiger partial charge in [0.2, 0.25) is 0 Å². The van der Waals surface area contributed by atoms with Crippen LogP contribution in [-0.2, 0) is 13.0 Å². The molecule has 0 aliphatic carbocycles. The number of para-hydroxylation sites is 2. The lowest BCUT2D eigenvalue weighted by atomic mass is 10.0. The molecule has 4 rings (SSSR count). The summed E-state index contributed by atoms with van der Waals surface area (Å²) in [6.45, 7) is 4.05. The van der Waals surface area contributed by atoms with E-state index < -0.39 is 0 Å². The highest BCUT2D eigenvalue weighted by Crippen LogP contribution is 2.31. The Morgan fingerprint density at radius 2 is 1.63 bits per heavy atom. The summed E-state index contributed by atoms with van der Waals surface area (Å²) in [6, 6.07) is 17.6. The van der Waals surface area contributed by atoms with Gasteiger partial charge in [0, 0.05) is 19.0 Å². The molecule has 2 aliphatic rings. The van der Waals surface area contributed by atoms with E-state index >= 15 is 0 Å². The van der Waals surface area contributed by atoms with Gasteiger partial charge in [-0.1, -0.05) is 36.4 Å². The SMILES string of the molecule is CN1CCC(N(C)Cc2ccc(CC3COc4ccccc4O3)cc2)CC1. The summed E-state index contributed by atoms with van der Waals surface area (Å²) in [5.74, 6) is 1.70. The van der Waals surface area contributed by atoms with E-state index in [2.05, 4.69) is 48.2 Å². The van der Waals surface area contributed by atoms with Crippen LogP contribution in [-0.4, -0.2) is 55.7 Å². The molecule has 1 fully saturated rings. The van der Waals surface area contributed by atoms with Crippen molar-refractivity contribution in [2.75, 3.05) is 33.8 Å². The lowest BCUT2D eigenvalue weighted by molar-refractivity contribution is 0.0913. The highest BCUT2D eigenvalue weighted by molar-refractivity contribution is 5.40. The van der Waals surface area contributed by atoms with Crippen molar-refractivity contribution >= 4 is 0 Å². The van der Waals surface area contributed by atoms with Crippen LogP contribution in [0, 0.1) is 0 Å². The monoisotopic (exact) mass is 366 g/mol. The number of piperidine rings is 1. The lowest BCUT2D eigenvalue weighted by Gasteiger charge is -2.35. The molecule has 144 valence electrons. The van der Waals surface area contributed by atoms with E-state index in [4.69, 9.17) is 9.47 Å². The quantitative estimate of drug-likeness (QED) is 0.807. The second-order valence-corrected chi connectivity index (χ2v) is 7.97. The second kappa shape index (κ2) is 8.32. The molecule has 1 saturated heterocycles. The highest BCUT2D eigenvalue weighted by Gasteiger charge is 2.22. The van der Waals surface area contributed by atoms with Crippen LogP contribution >= 0.6 is 0 Å². The van der Waals surface area contributed by atoms with Crippen molar-refractivity contribution in [1.82, 2.24) is 9.80 Å². The van der Waals surface area contributed by atoms with Gasteiger partial charge in [-0.3, -0.25) is 4.90 Å². The maximum absolute atomic E-state index is 6.08. The predicted octanol–water partition coefficient (Wildman–Crippen LogP) is 3.60. The number of hydrogen-bond donors (Lipinski definition) is 0. The lowest BCUT2D eigenvalue weighted by Crippen LogP contribution is -2.41. The van der Waals surface area contributed by atoms with Crippen molar-refractivity contribution in [2.45, 2.75) is 38.0 Å². The number of rotatable bonds is 5. The van der Waals surface area contributed by atoms with Gasteiger partial charge in [0.15, 0.2) is 11.5 Å². The molecule has 27 heavy (non-hydrogen) atoms. The number of hydrogen-bond acceptors (Lipinski definition) is 4. The van der Waals surface area contributed by atoms with Gasteiger partial charge in [-0.25, -0.2) is 0 Å². The van der Waals surface area contributed by atoms with Crippen LogP contribution in [0.5, 0.6) is 11.5 Å². The Bertz CT molecular complexity index is 738. The van der Waals surface area contributed by atoms with Crippen LogP contribution in [0.3, 0.4) is 0 Å². The Morgan fingerprint density at radius 3 is 2.37 bits per heavy atom. The highest BCUT2D eigenvalue weighted by atomic mass is 16.6. The summed E-state index contributed by atoms with van der Waals surface area (Å²) < 4.78 is 11.9. The van der Waals surface area contributed by atoms with Gasteiger partial charge in [-0.05, 0) is 63.3 Å². The van der Waals surface area contributed by atoms with Gasteiger partial charge in [-0.2, -0.15) is 0 Å². The average molecular weight is 367 g/mol. The summed E-state index contributed by atoms with van der Waals surface area (Å²) in [5, 5.41) is 0. The topological polar surface area (TPSA) is 24.9 Å². The summed E-state index contributed by atoms with van der Waals surface area (Å²) in [4.78, 5) is 4.94. The molecule has 0 bridgehead atoms. The third kappa shape index (κ3) is 4.63. The molecule has 2 aromatic rings. The molecule has 0 spiro atoms. The van der Waals surface area contributed by atoms with Crippen molar-refractivity contribution in [2.24, 2.45) is 0 Å². The van der Waals surface area contributed by atoms with Gasteiger partial charge in [0.1, 0.15) is 12.7 Å². The van der Waals surface area contributed by atoms with E-state index in [0.29, 0.717) is 12.6 Å². The predicted molar refractivity (Wildman–Crippen MR) is 108 cm³/mol. The molecule has 2 heterocycles. The fourth-order valence-electron chi connectivity index (χ4n) is 4.06. The maximum Gasteiger partial charge on any atom is 0.161 e. The Morgan fingerprint density at radius 1 is 0.963 bits per heavy atom. The first kappa shape index (κ1) is 18.3. The largest absolute Gasteiger partial charge is 0.486 e. The average Bonchev–Trinajstić information content (AvgIpc) is 2.70. The minimum absolute atomic E-state index is 0.0765. The fraction of sp³-hybridized carbons (Fsp3) is 0.478. The van der Waals surface area contributed by atoms with E-state index in [1.807, 2.05) is 24.3 Å². The van der Waals surface area contributed by atoms with Crippen LogP contribution in [0.25, 0.3) is 0 Å². The van der Waals surface area contributed by atoms with Crippen molar-refractivity contribution < 1.29 is 9.47 Å². The number of fused-ring (bicyclic) bond motifs is 1.